The molecule has 4 rings (SSSR count). The fourth-order valence-electron chi connectivity index (χ4n) is 4.02. The zero-order chi connectivity index (χ0) is 23.2. The molecule has 32 heavy (non-hydrogen) atoms. The molecule has 3 N–H and O–H groups in total. The second kappa shape index (κ2) is 8.29. The number of benzene rings is 1. The molecule has 11 heteroatoms. The van der Waals surface area contributed by atoms with Crippen molar-refractivity contribution in [2.45, 2.75) is 45.2 Å². The second-order valence-electron chi connectivity index (χ2n) is 8.20. The van der Waals surface area contributed by atoms with Gasteiger partial charge in [-0.2, -0.15) is 4.98 Å². The van der Waals surface area contributed by atoms with Crippen LogP contribution in [0.4, 0.5) is 36.3 Å². The Labute approximate surface area is 182 Å². The predicted molar refractivity (Wildman–Crippen MR) is 113 cm³/mol. The van der Waals surface area contributed by atoms with Gasteiger partial charge < -0.3 is 20.9 Å². The summed E-state index contributed by atoms with van der Waals surface area (Å²) in [4.78, 5) is 35.3. The molecule has 1 saturated carbocycles. The van der Waals surface area contributed by atoms with Gasteiger partial charge in [-0.15, -0.1) is 0 Å². The van der Waals surface area contributed by atoms with Crippen molar-refractivity contribution >= 4 is 35.0 Å². The maximum atomic E-state index is 13.4. The predicted octanol–water partition coefficient (Wildman–Crippen LogP) is 3.20. The van der Waals surface area contributed by atoms with E-state index >= 15 is 0 Å². The molecule has 1 aromatic heterocycles. The smallest absolute Gasteiger partial charge is 0.246 e. The van der Waals surface area contributed by atoms with E-state index in [4.69, 9.17) is 0 Å². The Morgan fingerprint density at radius 2 is 1.88 bits per heavy atom. The van der Waals surface area contributed by atoms with Crippen LogP contribution in [0.15, 0.2) is 12.1 Å². The van der Waals surface area contributed by atoms with Crippen LogP contribution in [0.3, 0.4) is 0 Å². The first-order chi connectivity index (χ1) is 15.1. The summed E-state index contributed by atoms with van der Waals surface area (Å²) < 4.78 is 39.9. The second-order valence-corrected chi connectivity index (χ2v) is 8.20. The summed E-state index contributed by atoms with van der Waals surface area (Å²) in [7, 11) is 1.79. The van der Waals surface area contributed by atoms with E-state index < -0.39 is 23.4 Å². The van der Waals surface area contributed by atoms with Gasteiger partial charge in [-0.05, 0) is 33.1 Å². The summed E-state index contributed by atoms with van der Waals surface area (Å²) in [5, 5.41) is 8.51. The highest BCUT2D eigenvalue weighted by molar-refractivity contribution is 6.03. The third-order valence-corrected chi connectivity index (χ3v) is 6.00. The number of amides is 2. The molecule has 0 bridgehead atoms. The molecule has 0 radical (unpaired) electrons. The highest BCUT2D eigenvalue weighted by Gasteiger charge is 2.33. The first-order valence-electron chi connectivity index (χ1n) is 10.3. The average molecular weight is 448 g/mol. The molecule has 3 atom stereocenters. The summed E-state index contributed by atoms with van der Waals surface area (Å²) >= 11 is 0. The Kier molecular flexibility index (Phi) is 5.66. The Bertz CT molecular complexity index is 1070. The molecule has 8 nitrogen and oxygen atoms in total. The Morgan fingerprint density at radius 1 is 1.19 bits per heavy atom. The van der Waals surface area contributed by atoms with Crippen LogP contribution in [0.2, 0.25) is 0 Å². The summed E-state index contributed by atoms with van der Waals surface area (Å²) in [5.74, 6) is -4.19. The lowest BCUT2D eigenvalue weighted by molar-refractivity contribution is -0.119. The van der Waals surface area contributed by atoms with E-state index in [2.05, 4.69) is 25.9 Å². The van der Waals surface area contributed by atoms with Crippen LogP contribution in [-0.4, -0.2) is 40.9 Å². The van der Waals surface area contributed by atoms with Crippen molar-refractivity contribution in [3.63, 3.8) is 0 Å². The summed E-state index contributed by atoms with van der Waals surface area (Å²) in [5.41, 5.74) is 1.07. The number of nitrogens with zero attached hydrogens (tertiary/aromatic N) is 3. The van der Waals surface area contributed by atoms with Crippen molar-refractivity contribution < 1.29 is 22.8 Å². The number of aromatic nitrogens is 2. The normalized spacial score (nSPS) is 22.4. The molecule has 2 aliphatic rings. The van der Waals surface area contributed by atoms with Gasteiger partial charge in [-0.1, -0.05) is 0 Å². The van der Waals surface area contributed by atoms with E-state index in [1.165, 1.54) is 0 Å². The molecule has 1 aliphatic heterocycles. The monoisotopic (exact) mass is 448 g/mol. The molecule has 2 amide bonds. The average Bonchev–Trinajstić information content (AvgIpc) is 3.20. The van der Waals surface area contributed by atoms with E-state index in [9.17, 15) is 22.8 Å². The molecule has 0 saturated heterocycles. The lowest BCUT2D eigenvalue weighted by Gasteiger charge is -2.32. The number of fused-ring (bicyclic) bond motifs is 1. The number of anilines is 4. The van der Waals surface area contributed by atoms with Crippen LogP contribution in [0, 0.1) is 30.3 Å². The quantitative estimate of drug-likeness (QED) is 0.622. The van der Waals surface area contributed by atoms with Gasteiger partial charge in [0.25, 0.3) is 0 Å². The minimum Gasteiger partial charge on any atom is -0.351 e. The summed E-state index contributed by atoms with van der Waals surface area (Å²) in [6.45, 7) is 3.56. The lowest BCUT2D eigenvalue weighted by atomic mass is 10.1. The number of aryl methyl sites for hydroxylation is 1. The Hall–Kier alpha value is -3.37. The van der Waals surface area contributed by atoms with Crippen molar-refractivity contribution in [1.82, 2.24) is 9.97 Å². The van der Waals surface area contributed by atoms with Gasteiger partial charge in [0.05, 0.1) is 5.69 Å². The fraction of sp³-hybridized carbons (Fsp3) is 0.429. The first-order valence-corrected chi connectivity index (χ1v) is 10.3. The van der Waals surface area contributed by atoms with Gasteiger partial charge in [0, 0.05) is 36.8 Å². The number of nitrogens with one attached hydrogen (secondary N) is 3. The topological polar surface area (TPSA) is 99.2 Å². The van der Waals surface area contributed by atoms with Gasteiger partial charge in [-0.3, -0.25) is 9.59 Å². The third-order valence-electron chi connectivity index (χ3n) is 6.00. The van der Waals surface area contributed by atoms with Gasteiger partial charge in [0.2, 0.25) is 17.8 Å². The number of halogens is 3. The van der Waals surface area contributed by atoms with E-state index in [0.29, 0.717) is 42.4 Å². The maximum absolute atomic E-state index is 13.4. The molecular weight excluding hydrogens is 425 g/mol. The zero-order valence-corrected chi connectivity index (χ0v) is 17.8. The molecule has 2 heterocycles. The highest BCUT2D eigenvalue weighted by atomic mass is 19.2. The van der Waals surface area contributed by atoms with Crippen LogP contribution in [0.1, 0.15) is 31.9 Å². The largest absolute Gasteiger partial charge is 0.351 e. The van der Waals surface area contributed by atoms with Crippen LogP contribution in [-0.2, 0) is 9.59 Å². The van der Waals surface area contributed by atoms with Crippen molar-refractivity contribution in [3.05, 3.63) is 35.3 Å². The minimum atomic E-state index is -1.58. The van der Waals surface area contributed by atoms with Crippen molar-refractivity contribution in [2.24, 2.45) is 5.92 Å². The maximum Gasteiger partial charge on any atom is 0.246 e. The molecule has 170 valence electrons. The van der Waals surface area contributed by atoms with Crippen molar-refractivity contribution in [1.29, 1.82) is 0 Å². The number of carbonyl (C=O) groups is 2. The van der Waals surface area contributed by atoms with Crippen molar-refractivity contribution in [3.8, 4) is 0 Å². The van der Waals surface area contributed by atoms with Crippen molar-refractivity contribution in [2.75, 3.05) is 27.9 Å². The Balaban J connectivity index is 1.42. The summed E-state index contributed by atoms with van der Waals surface area (Å²) in [6, 6.07) is 1.05. The number of hydrogen-bond donors (Lipinski definition) is 3. The van der Waals surface area contributed by atoms with E-state index in [1.54, 1.807) is 25.8 Å². The van der Waals surface area contributed by atoms with Gasteiger partial charge in [0.1, 0.15) is 11.7 Å². The number of rotatable bonds is 4. The van der Waals surface area contributed by atoms with Gasteiger partial charge in [0.15, 0.2) is 23.3 Å². The van der Waals surface area contributed by atoms with Crippen LogP contribution < -0.4 is 20.9 Å². The highest BCUT2D eigenvalue weighted by Crippen LogP contribution is 2.34. The third kappa shape index (κ3) is 4.06. The van der Waals surface area contributed by atoms with Gasteiger partial charge in [-0.25, -0.2) is 18.2 Å². The SMILES string of the molecule is Cc1nc(NC2CCC(C(=O)Nc3cc(F)c(F)c(F)c3)C2)nc2c1NC(=O)[C@H](C)N2C. The Morgan fingerprint density at radius 3 is 2.56 bits per heavy atom. The van der Waals surface area contributed by atoms with Gasteiger partial charge >= 0.3 is 0 Å². The molecular formula is C21H23F3N6O2. The van der Waals surface area contributed by atoms with Crippen LogP contribution in [0.5, 0.6) is 0 Å². The van der Waals surface area contributed by atoms with E-state index in [0.717, 1.165) is 12.1 Å². The summed E-state index contributed by atoms with van der Waals surface area (Å²) in [6.07, 6.45) is 1.71. The lowest BCUT2D eigenvalue weighted by Crippen LogP contribution is -2.45. The molecule has 1 aromatic carbocycles. The molecule has 2 unspecified atom stereocenters. The number of carbonyl (C=O) groups excluding carboxylic acids is 2. The molecule has 1 aliphatic carbocycles. The fourth-order valence-corrected chi connectivity index (χ4v) is 4.02. The molecule has 2 aromatic rings. The molecule has 0 spiro atoms. The molecule has 1 fully saturated rings. The van der Waals surface area contributed by atoms with E-state index in [1.807, 2.05) is 0 Å². The minimum absolute atomic E-state index is 0.0780. The number of likely N-dealkylation sites (N-methyl/N-ethyl adjacent to an activating group) is 1. The zero-order valence-electron chi connectivity index (χ0n) is 17.8. The van der Waals surface area contributed by atoms with Crippen LogP contribution in [0.25, 0.3) is 0 Å². The first kappa shape index (κ1) is 21.8. The van der Waals surface area contributed by atoms with Crippen LogP contribution >= 0.6 is 0 Å². The standard InChI is InChI=1S/C21H23F3N6O2/c1-9-17-18(30(3)10(2)19(31)28-17)29-21(25-9)27-12-5-4-11(6-12)20(32)26-13-7-14(22)16(24)15(23)8-13/h7-8,10-12H,4-6H2,1-3H3,(H,26,32)(H,28,31)(H,25,27,29)/t10-,11?,12?/m0/s1. The van der Waals surface area contributed by atoms with E-state index in [-0.39, 0.29) is 29.6 Å². The number of hydrogen-bond acceptors (Lipinski definition) is 6.